The molecule has 0 spiro atoms. The van der Waals surface area contributed by atoms with E-state index in [0.29, 0.717) is 0 Å². The summed E-state index contributed by atoms with van der Waals surface area (Å²) in [6, 6.07) is 14.0. The lowest BCUT2D eigenvalue weighted by Crippen LogP contribution is -2.45. The molecule has 168 valence electrons. The number of thiophene rings is 1. The van der Waals surface area contributed by atoms with E-state index in [0.717, 1.165) is 9.78 Å². The van der Waals surface area contributed by atoms with Crippen LogP contribution in [0.1, 0.15) is 28.6 Å². The largest absolute Gasteiger partial charge is 0.427 e. The lowest BCUT2D eigenvalue weighted by atomic mass is 10.1. The molecular weight excluding hydrogens is 447 g/mol. The number of anilines is 1. The molecule has 7 nitrogen and oxygen atoms in total. The number of hydrogen-bond acceptors (Lipinski definition) is 6. The van der Waals surface area contributed by atoms with Crippen LogP contribution in [0.15, 0.2) is 66.0 Å². The minimum absolute atomic E-state index is 0.0632. The van der Waals surface area contributed by atoms with Gasteiger partial charge in [-0.15, -0.1) is 11.3 Å². The fraction of sp³-hybridized carbons (Fsp3) is 0.167. The fourth-order valence-electron chi connectivity index (χ4n) is 3.64. The minimum Gasteiger partial charge on any atom is -0.427 e. The maximum atomic E-state index is 14.4. The molecule has 1 fully saturated rings. The standard InChI is InChI=1S/C24H19FN2O5S/c1-15(28)32-17-10-8-16(9-11-17)27-22(29)13-21(24(27)31)26(14-18-5-4-12-33-18)23(30)19-6-2-3-7-20(19)25/h2-12,21H,13-14H2,1H3. The molecule has 0 N–H and O–H groups in total. The van der Waals surface area contributed by atoms with Crippen LogP contribution in [-0.4, -0.2) is 34.6 Å². The number of carbonyl (C=O) groups excluding carboxylic acids is 4. The Balaban J connectivity index is 1.64. The predicted octanol–water partition coefficient (Wildman–Crippen LogP) is 3.79. The van der Waals surface area contributed by atoms with Crippen molar-refractivity contribution < 1.29 is 28.3 Å². The lowest BCUT2D eigenvalue weighted by Gasteiger charge is -2.27. The second-order valence-electron chi connectivity index (χ2n) is 7.37. The van der Waals surface area contributed by atoms with Crippen LogP contribution in [0.4, 0.5) is 10.1 Å². The van der Waals surface area contributed by atoms with Gasteiger partial charge in [-0.3, -0.25) is 19.2 Å². The van der Waals surface area contributed by atoms with Crippen LogP contribution in [0.3, 0.4) is 0 Å². The van der Waals surface area contributed by atoms with E-state index in [-0.39, 0.29) is 30.0 Å². The number of hydrogen-bond donors (Lipinski definition) is 0. The molecule has 2 aromatic carbocycles. The van der Waals surface area contributed by atoms with Crippen molar-refractivity contribution in [1.29, 1.82) is 0 Å². The van der Waals surface area contributed by atoms with Crippen LogP contribution in [0.5, 0.6) is 5.75 Å². The molecule has 1 aromatic heterocycles. The van der Waals surface area contributed by atoms with E-state index in [1.165, 1.54) is 71.7 Å². The van der Waals surface area contributed by atoms with Crippen molar-refractivity contribution in [2.75, 3.05) is 4.90 Å². The summed E-state index contributed by atoms with van der Waals surface area (Å²) in [5.41, 5.74) is 0.122. The summed E-state index contributed by atoms with van der Waals surface area (Å²) < 4.78 is 19.3. The van der Waals surface area contributed by atoms with Gasteiger partial charge in [0.15, 0.2) is 0 Å². The Hall–Kier alpha value is -3.85. The zero-order chi connectivity index (χ0) is 23.5. The number of benzene rings is 2. The van der Waals surface area contributed by atoms with Gasteiger partial charge in [0, 0.05) is 11.8 Å². The molecule has 9 heteroatoms. The Kier molecular flexibility index (Phi) is 6.32. The molecule has 1 saturated heterocycles. The van der Waals surface area contributed by atoms with E-state index in [9.17, 15) is 23.6 Å². The summed E-state index contributed by atoms with van der Waals surface area (Å²) in [4.78, 5) is 53.5. The van der Waals surface area contributed by atoms with Gasteiger partial charge in [-0.2, -0.15) is 0 Å². The third-order valence-electron chi connectivity index (χ3n) is 5.13. The van der Waals surface area contributed by atoms with E-state index in [4.69, 9.17) is 4.74 Å². The molecule has 0 saturated carbocycles. The number of carbonyl (C=O) groups is 4. The minimum atomic E-state index is -1.08. The van der Waals surface area contributed by atoms with Crippen LogP contribution in [0.2, 0.25) is 0 Å². The van der Waals surface area contributed by atoms with Crippen LogP contribution >= 0.6 is 11.3 Å². The maximum Gasteiger partial charge on any atom is 0.308 e. The Bertz CT molecular complexity index is 1210. The van der Waals surface area contributed by atoms with Gasteiger partial charge in [0.2, 0.25) is 5.91 Å². The van der Waals surface area contributed by atoms with Crippen LogP contribution in [0.25, 0.3) is 0 Å². The van der Waals surface area contributed by atoms with E-state index in [2.05, 4.69) is 0 Å². The smallest absolute Gasteiger partial charge is 0.308 e. The highest BCUT2D eigenvalue weighted by molar-refractivity contribution is 7.09. The average molecular weight is 466 g/mol. The normalized spacial score (nSPS) is 15.6. The highest BCUT2D eigenvalue weighted by Gasteiger charge is 2.45. The first-order chi connectivity index (χ1) is 15.8. The van der Waals surface area contributed by atoms with Crippen molar-refractivity contribution in [2.45, 2.75) is 25.9 Å². The monoisotopic (exact) mass is 466 g/mol. The second-order valence-corrected chi connectivity index (χ2v) is 8.40. The molecule has 0 radical (unpaired) electrons. The van der Waals surface area contributed by atoms with E-state index in [1.54, 1.807) is 6.07 Å². The first kappa shape index (κ1) is 22.3. The van der Waals surface area contributed by atoms with Crippen molar-refractivity contribution in [2.24, 2.45) is 0 Å². The molecule has 1 unspecified atom stereocenters. The van der Waals surface area contributed by atoms with Gasteiger partial charge >= 0.3 is 5.97 Å². The van der Waals surface area contributed by atoms with Crippen LogP contribution < -0.4 is 9.64 Å². The maximum absolute atomic E-state index is 14.4. The number of halogens is 1. The third kappa shape index (κ3) is 4.68. The molecule has 3 aromatic rings. The highest BCUT2D eigenvalue weighted by Crippen LogP contribution is 2.30. The van der Waals surface area contributed by atoms with Gasteiger partial charge in [0.05, 0.1) is 24.2 Å². The van der Waals surface area contributed by atoms with E-state index in [1.807, 2.05) is 11.4 Å². The molecule has 33 heavy (non-hydrogen) atoms. The number of amides is 3. The van der Waals surface area contributed by atoms with Gasteiger partial charge in [-0.05, 0) is 47.8 Å². The molecule has 1 aliphatic heterocycles. The summed E-state index contributed by atoms with van der Waals surface area (Å²) in [6.45, 7) is 1.33. The van der Waals surface area contributed by atoms with Gasteiger partial charge in [-0.25, -0.2) is 9.29 Å². The average Bonchev–Trinajstić information content (AvgIpc) is 3.40. The Morgan fingerprint density at radius 3 is 2.45 bits per heavy atom. The molecule has 1 aliphatic rings. The predicted molar refractivity (Wildman–Crippen MR) is 119 cm³/mol. The summed E-state index contributed by atoms with van der Waals surface area (Å²) in [5.74, 6) is -2.65. The topological polar surface area (TPSA) is 84.0 Å². The van der Waals surface area contributed by atoms with Crippen molar-refractivity contribution in [3.8, 4) is 5.75 Å². The summed E-state index contributed by atoms with van der Waals surface area (Å²) in [5, 5.41) is 1.83. The Morgan fingerprint density at radius 2 is 1.82 bits per heavy atom. The van der Waals surface area contributed by atoms with E-state index >= 15 is 0 Å². The summed E-state index contributed by atoms with van der Waals surface area (Å²) in [7, 11) is 0. The first-order valence-electron chi connectivity index (χ1n) is 10.1. The van der Waals surface area contributed by atoms with Gasteiger partial charge in [0.1, 0.15) is 17.6 Å². The number of rotatable bonds is 6. The fourth-order valence-corrected chi connectivity index (χ4v) is 4.35. The second kappa shape index (κ2) is 9.33. The number of imide groups is 1. The molecule has 1 atom stereocenters. The van der Waals surface area contributed by atoms with Crippen molar-refractivity contribution in [3.05, 3.63) is 82.3 Å². The SMILES string of the molecule is CC(=O)Oc1ccc(N2C(=O)CC(N(Cc3cccs3)C(=O)c3ccccc3F)C2=O)cc1. The zero-order valence-electron chi connectivity index (χ0n) is 17.6. The molecule has 3 amide bonds. The molecular formula is C24H19FN2O5S. The molecule has 0 bridgehead atoms. The Morgan fingerprint density at radius 1 is 1.09 bits per heavy atom. The van der Waals surface area contributed by atoms with E-state index < -0.39 is 35.5 Å². The molecule has 0 aliphatic carbocycles. The Labute approximate surface area is 193 Å². The molecule has 2 heterocycles. The molecule has 4 rings (SSSR count). The number of esters is 1. The van der Waals surface area contributed by atoms with Crippen LogP contribution in [0, 0.1) is 5.82 Å². The van der Waals surface area contributed by atoms with Gasteiger partial charge < -0.3 is 9.64 Å². The lowest BCUT2D eigenvalue weighted by molar-refractivity contribution is -0.132. The number of nitrogens with zero attached hydrogens (tertiary/aromatic N) is 2. The number of ether oxygens (including phenoxy) is 1. The quantitative estimate of drug-likeness (QED) is 0.314. The zero-order valence-corrected chi connectivity index (χ0v) is 18.4. The van der Waals surface area contributed by atoms with Gasteiger partial charge in [-0.1, -0.05) is 18.2 Å². The van der Waals surface area contributed by atoms with Crippen molar-refractivity contribution in [1.82, 2.24) is 4.90 Å². The van der Waals surface area contributed by atoms with Crippen molar-refractivity contribution >= 4 is 40.7 Å². The summed E-state index contributed by atoms with van der Waals surface area (Å²) in [6.07, 6.45) is -0.226. The van der Waals surface area contributed by atoms with Crippen LogP contribution in [-0.2, 0) is 20.9 Å². The van der Waals surface area contributed by atoms with Crippen molar-refractivity contribution in [3.63, 3.8) is 0 Å². The van der Waals surface area contributed by atoms with Gasteiger partial charge in [0.25, 0.3) is 11.8 Å². The highest BCUT2D eigenvalue weighted by atomic mass is 32.1. The summed E-state index contributed by atoms with van der Waals surface area (Å²) >= 11 is 1.39. The third-order valence-corrected chi connectivity index (χ3v) is 5.99. The first-order valence-corrected chi connectivity index (χ1v) is 11.0.